The first-order valence-electron chi connectivity index (χ1n) is 4.22. The topological polar surface area (TPSA) is 50.4 Å². The third-order valence-electron chi connectivity index (χ3n) is 2.06. The molecule has 0 saturated heterocycles. The molecule has 0 unspecified atom stereocenters. The molecule has 1 heterocycles. The highest BCUT2D eigenvalue weighted by Crippen LogP contribution is 2.24. The summed E-state index contributed by atoms with van der Waals surface area (Å²) in [5.74, 6) is 0.243. The minimum atomic E-state index is -0.432. The van der Waals surface area contributed by atoms with Crippen molar-refractivity contribution in [3.05, 3.63) is 28.0 Å². The maximum Gasteiger partial charge on any atom is 0.160 e. The molecule has 3 nitrogen and oxygen atoms in total. The van der Waals surface area contributed by atoms with Gasteiger partial charge in [-0.25, -0.2) is 4.39 Å². The van der Waals surface area contributed by atoms with Gasteiger partial charge in [0.15, 0.2) is 5.82 Å². The van der Waals surface area contributed by atoms with Crippen LogP contribution in [0, 0.1) is 5.82 Å². The van der Waals surface area contributed by atoms with Crippen LogP contribution in [-0.4, -0.2) is 18.9 Å². The summed E-state index contributed by atoms with van der Waals surface area (Å²) < 4.78 is 13.8. The molecule has 1 aromatic carbocycles. The van der Waals surface area contributed by atoms with E-state index >= 15 is 0 Å². The molecular formula is C9H9BrFN3. The summed E-state index contributed by atoms with van der Waals surface area (Å²) in [6.07, 6.45) is 0. The number of nitrogen functional groups attached to an aromatic ring is 1. The van der Waals surface area contributed by atoms with E-state index in [1.807, 2.05) is 0 Å². The van der Waals surface area contributed by atoms with Crippen LogP contribution in [0.15, 0.2) is 21.6 Å². The second-order valence-electron chi connectivity index (χ2n) is 2.98. The highest BCUT2D eigenvalue weighted by atomic mass is 79.9. The van der Waals surface area contributed by atoms with Gasteiger partial charge >= 0.3 is 0 Å². The van der Waals surface area contributed by atoms with E-state index in [0.29, 0.717) is 22.4 Å². The average molecular weight is 258 g/mol. The van der Waals surface area contributed by atoms with E-state index in [-0.39, 0.29) is 5.69 Å². The van der Waals surface area contributed by atoms with Crippen LogP contribution in [0.2, 0.25) is 0 Å². The number of amidine groups is 1. The van der Waals surface area contributed by atoms with Gasteiger partial charge in [-0.1, -0.05) is 0 Å². The number of hydrogen-bond donors (Lipinski definition) is 2. The quantitative estimate of drug-likeness (QED) is 0.750. The van der Waals surface area contributed by atoms with Crippen molar-refractivity contribution in [2.24, 2.45) is 4.99 Å². The van der Waals surface area contributed by atoms with Crippen LogP contribution in [0.25, 0.3) is 0 Å². The minimum Gasteiger partial charge on any atom is -0.396 e. The lowest BCUT2D eigenvalue weighted by molar-refractivity contribution is 0.625. The Morgan fingerprint density at radius 2 is 2.29 bits per heavy atom. The van der Waals surface area contributed by atoms with Crippen LogP contribution in [0.5, 0.6) is 0 Å². The lowest BCUT2D eigenvalue weighted by Crippen LogP contribution is -2.21. The van der Waals surface area contributed by atoms with Gasteiger partial charge in [-0.2, -0.15) is 0 Å². The third kappa shape index (κ3) is 1.48. The van der Waals surface area contributed by atoms with Crippen molar-refractivity contribution in [3.63, 3.8) is 0 Å². The molecular weight excluding hydrogens is 249 g/mol. The number of nitrogens with two attached hydrogens (primary N) is 1. The Labute approximate surface area is 89.3 Å². The van der Waals surface area contributed by atoms with Crippen molar-refractivity contribution in [3.8, 4) is 0 Å². The van der Waals surface area contributed by atoms with Gasteiger partial charge < -0.3 is 11.1 Å². The number of nitrogens with one attached hydrogen (secondary N) is 1. The summed E-state index contributed by atoms with van der Waals surface area (Å²) in [5, 5.41) is 3.05. The summed E-state index contributed by atoms with van der Waals surface area (Å²) in [5.41, 5.74) is 6.40. The van der Waals surface area contributed by atoms with Gasteiger partial charge in [0.25, 0.3) is 0 Å². The fourth-order valence-electron chi connectivity index (χ4n) is 1.35. The van der Waals surface area contributed by atoms with Crippen molar-refractivity contribution < 1.29 is 4.39 Å². The van der Waals surface area contributed by atoms with Crippen LogP contribution < -0.4 is 11.1 Å². The number of nitrogens with zero attached hydrogens (tertiary/aromatic N) is 1. The van der Waals surface area contributed by atoms with E-state index < -0.39 is 5.82 Å². The predicted octanol–water partition coefficient (Wildman–Crippen LogP) is 1.52. The highest BCUT2D eigenvalue weighted by Gasteiger charge is 2.15. The zero-order valence-electron chi connectivity index (χ0n) is 7.35. The number of hydrogen-bond acceptors (Lipinski definition) is 3. The van der Waals surface area contributed by atoms with Gasteiger partial charge in [0.05, 0.1) is 16.7 Å². The fourth-order valence-corrected chi connectivity index (χ4v) is 1.70. The lowest BCUT2D eigenvalue weighted by atomic mass is 10.1. The van der Waals surface area contributed by atoms with E-state index in [4.69, 9.17) is 5.73 Å². The van der Waals surface area contributed by atoms with Crippen molar-refractivity contribution in [2.75, 3.05) is 18.8 Å². The van der Waals surface area contributed by atoms with Crippen LogP contribution in [0.1, 0.15) is 5.56 Å². The number of rotatable bonds is 1. The predicted molar refractivity (Wildman–Crippen MR) is 57.9 cm³/mol. The summed E-state index contributed by atoms with van der Waals surface area (Å²) in [6, 6.07) is 3.38. The van der Waals surface area contributed by atoms with Gasteiger partial charge in [-0.05, 0) is 28.1 Å². The molecule has 2 rings (SSSR count). The molecule has 0 bridgehead atoms. The van der Waals surface area contributed by atoms with E-state index in [0.717, 1.165) is 6.54 Å². The molecule has 0 aromatic heterocycles. The molecule has 3 N–H and O–H groups in total. The summed E-state index contributed by atoms with van der Waals surface area (Å²) in [4.78, 5) is 4.18. The Hall–Kier alpha value is -1.10. The molecule has 74 valence electrons. The monoisotopic (exact) mass is 257 g/mol. The van der Waals surface area contributed by atoms with Crippen molar-refractivity contribution in [2.45, 2.75) is 0 Å². The van der Waals surface area contributed by atoms with Gasteiger partial charge in [0.2, 0.25) is 0 Å². The zero-order chi connectivity index (χ0) is 10.1. The Morgan fingerprint density at radius 1 is 1.50 bits per heavy atom. The normalized spacial score (nSPS) is 15.1. The first kappa shape index (κ1) is 9.45. The van der Waals surface area contributed by atoms with Gasteiger partial charge in [0, 0.05) is 12.1 Å². The first-order valence-corrected chi connectivity index (χ1v) is 5.01. The standard InChI is InChI=1S/C9H9BrFN3/c10-6-2-1-5(8(12)7(6)11)9-13-3-4-14-9/h1-2H,3-4,12H2,(H,13,14). The first-order chi connectivity index (χ1) is 6.70. The molecule has 1 aliphatic heterocycles. The molecule has 0 saturated carbocycles. The number of benzene rings is 1. The molecule has 14 heavy (non-hydrogen) atoms. The van der Waals surface area contributed by atoms with Gasteiger partial charge in [-0.3, -0.25) is 4.99 Å². The number of aliphatic imine (C=N–C) groups is 1. The van der Waals surface area contributed by atoms with Gasteiger partial charge in [0.1, 0.15) is 5.84 Å². The molecule has 0 amide bonds. The smallest absolute Gasteiger partial charge is 0.160 e. The molecule has 0 spiro atoms. The Morgan fingerprint density at radius 3 is 2.93 bits per heavy atom. The Bertz CT molecular complexity index is 403. The van der Waals surface area contributed by atoms with Crippen molar-refractivity contribution in [1.29, 1.82) is 0 Å². The minimum absolute atomic E-state index is 0.132. The molecule has 0 fully saturated rings. The van der Waals surface area contributed by atoms with E-state index in [1.165, 1.54) is 0 Å². The molecule has 0 radical (unpaired) electrons. The van der Waals surface area contributed by atoms with Crippen LogP contribution in [0.3, 0.4) is 0 Å². The lowest BCUT2D eigenvalue weighted by Gasteiger charge is -2.07. The van der Waals surface area contributed by atoms with Crippen LogP contribution in [0.4, 0.5) is 10.1 Å². The number of halogens is 2. The maximum atomic E-state index is 13.4. The Kier molecular flexibility index (Phi) is 2.41. The molecule has 0 aliphatic carbocycles. The molecule has 5 heteroatoms. The molecule has 0 atom stereocenters. The molecule has 1 aliphatic rings. The summed E-state index contributed by atoms with van der Waals surface area (Å²) in [7, 11) is 0. The van der Waals surface area contributed by atoms with E-state index in [1.54, 1.807) is 12.1 Å². The van der Waals surface area contributed by atoms with E-state index in [9.17, 15) is 4.39 Å². The maximum absolute atomic E-state index is 13.4. The SMILES string of the molecule is Nc1c(C2=NCCN2)ccc(Br)c1F. The number of anilines is 1. The average Bonchev–Trinajstić information content (AvgIpc) is 2.67. The fraction of sp³-hybridized carbons (Fsp3) is 0.222. The van der Waals surface area contributed by atoms with Crippen molar-refractivity contribution in [1.82, 2.24) is 5.32 Å². The van der Waals surface area contributed by atoms with Gasteiger partial charge in [-0.15, -0.1) is 0 Å². The zero-order valence-corrected chi connectivity index (χ0v) is 8.94. The molecule has 1 aromatic rings. The summed E-state index contributed by atoms with van der Waals surface area (Å²) >= 11 is 3.07. The largest absolute Gasteiger partial charge is 0.396 e. The third-order valence-corrected chi connectivity index (χ3v) is 2.67. The second-order valence-corrected chi connectivity index (χ2v) is 3.83. The highest BCUT2D eigenvalue weighted by molar-refractivity contribution is 9.10. The second kappa shape index (κ2) is 3.57. The summed E-state index contributed by atoms with van der Waals surface area (Å²) in [6.45, 7) is 1.50. The van der Waals surface area contributed by atoms with Crippen LogP contribution in [-0.2, 0) is 0 Å². The van der Waals surface area contributed by atoms with Crippen molar-refractivity contribution >= 4 is 27.5 Å². The van der Waals surface area contributed by atoms with E-state index in [2.05, 4.69) is 26.2 Å². The van der Waals surface area contributed by atoms with Crippen LogP contribution >= 0.6 is 15.9 Å². The Balaban J connectivity index is 2.49.